The smallest absolute Gasteiger partial charge is 0.183 e. The fraction of sp³-hybridized carbons (Fsp3) is 0.333. The largest absolute Gasteiger partial charge is 0.370 e. The molecule has 0 radical (unpaired) electrons. The zero-order chi connectivity index (χ0) is 16.7. The van der Waals surface area contributed by atoms with Crippen molar-refractivity contribution >= 4 is 17.0 Å². The van der Waals surface area contributed by atoms with Crippen molar-refractivity contribution in [1.29, 1.82) is 0 Å². The van der Waals surface area contributed by atoms with E-state index in [9.17, 15) is 8.78 Å². The van der Waals surface area contributed by atoms with E-state index < -0.39 is 11.6 Å². The van der Waals surface area contributed by atoms with Gasteiger partial charge in [-0.1, -0.05) is 11.3 Å². The summed E-state index contributed by atoms with van der Waals surface area (Å²) in [5, 5.41) is 8.08. The minimum atomic E-state index is -0.883. The molecule has 0 saturated carbocycles. The van der Waals surface area contributed by atoms with Crippen molar-refractivity contribution in [3.8, 4) is 0 Å². The number of benzene rings is 1. The lowest BCUT2D eigenvalue weighted by Crippen LogP contribution is -2.39. The van der Waals surface area contributed by atoms with E-state index in [4.69, 9.17) is 4.74 Å². The number of anilines is 1. The molecule has 9 heteroatoms. The van der Waals surface area contributed by atoms with Crippen LogP contribution in [0.3, 0.4) is 0 Å². The van der Waals surface area contributed by atoms with Gasteiger partial charge in [0, 0.05) is 20.1 Å². The molecule has 0 aliphatic carbocycles. The summed E-state index contributed by atoms with van der Waals surface area (Å²) in [5.41, 5.74) is 1.82. The Morgan fingerprint density at radius 2 is 2.08 bits per heavy atom. The van der Waals surface area contributed by atoms with Crippen LogP contribution in [0.2, 0.25) is 0 Å². The highest BCUT2D eigenvalue weighted by Crippen LogP contribution is 2.28. The molecule has 0 amide bonds. The minimum absolute atomic E-state index is 0.379. The van der Waals surface area contributed by atoms with Crippen molar-refractivity contribution < 1.29 is 13.5 Å². The Hall–Kier alpha value is -2.68. The molecule has 1 fully saturated rings. The maximum atomic E-state index is 13.5. The second-order valence-corrected chi connectivity index (χ2v) is 5.56. The first-order valence-corrected chi connectivity index (χ1v) is 7.45. The molecule has 2 aromatic heterocycles. The summed E-state index contributed by atoms with van der Waals surface area (Å²) < 4.78 is 33.9. The second kappa shape index (κ2) is 5.75. The molecule has 3 heterocycles. The number of aromatic nitrogens is 5. The molecule has 1 atom stereocenters. The Morgan fingerprint density at radius 3 is 2.92 bits per heavy atom. The van der Waals surface area contributed by atoms with Gasteiger partial charge in [-0.25, -0.2) is 23.4 Å². The predicted octanol–water partition coefficient (Wildman–Crippen LogP) is 1.61. The number of fused-ring (bicyclic) bond motifs is 1. The third-order valence-electron chi connectivity index (χ3n) is 4.05. The van der Waals surface area contributed by atoms with Crippen LogP contribution in [0.4, 0.5) is 14.6 Å². The van der Waals surface area contributed by atoms with Gasteiger partial charge in [-0.05, 0) is 17.7 Å². The van der Waals surface area contributed by atoms with E-state index in [1.54, 1.807) is 11.7 Å². The summed E-state index contributed by atoms with van der Waals surface area (Å²) in [7, 11) is 1.76. The zero-order valence-corrected chi connectivity index (χ0v) is 12.9. The van der Waals surface area contributed by atoms with Crippen LogP contribution in [-0.4, -0.2) is 44.7 Å². The van der Waals surface area contributed by atoms with Crippen LogP contribution in [0.25, 0.3) is 11.2 Å². The quantitative estimate of drug-likeness (QED) is 0.710. The highest BCUT2D eigenvalue weighted by Gasteiger charge is 2.26. The molecule has 1 saturated heterocycles. The average Bonchev–Trinajstić information content (AvgIpc) is 2.99. The number of ether oxygens (including phenoxy) is 1. The maximum Gasteiger partial charge on any atom is 0.183 e. The Balaban J connectivity index is 1.65. The third-order valence-corrected chi connectivity index (χ3v) is 4.05. The number of hydrogen-bond donors (Lipinski definition) is 0. The van der Waals surface area contributed by atoms with Crippen molar-refractivity contribution in [2.75, 3.05) is 24.6 Å². The second-order valence-electron chi connectivity index (χ2n) is 5.56. The lowest BCUT2D eigenvalue weighted by atomic mass is 10.1. The van der Waals surface area contributed by atoms with E-state index in [2.05, 4.69) is 20.3 Å². The highest BCUT2D eigenvalue weighted by atomic mass is 19.2. The molecule has 0 bridgehead atoms. The predicted molar refractivity (Wildman–Crippen MR) is 81.4 cm³/mol. The average molecular weight is 332 g/mol. The Kier molecular flexibility index (Phi) is 3.57. The lowest BCUT2D eigenvalue weighted by molar-refractivity contribution is 0.0393. The number of rotatable bonds is 2. The van der Waals surface area contributed by atoms with E-state index in [0.29, 0.717) is 42.2 Å². The van der Waals surface area contributed by atoms with Gasteiger partial charge in [0.15, 0.2) is 28.6 Å². The number of nitrogens with zero attached hydrogens (tertiary/aromatic N) is 6. The number of hydrogen-bond acceptors (Lipinski definition) is 6. The summed E-state index contributed by atoms with van der Waals surface area (Å²) in [6.45, 7) is 1.51. The molecule has 1 aromatic carbocycles. The van der Waals surface area contributed by atoms with E-state index in [-0.39, 0.29) is 6.10 Å². The number of halogens is 2. The zero-order valence-electron chi connectivity index (χ0n) is 12.9. The molecule has 7 nitrogen and oxygen atoms in total. The summed E-state index contributed by atoms with van der Waals surface area (Å²) in [6.07, 6.45) is 1.08. The fourth-order valence-corrected chi connectivity index (χ4v) is 2.83. The molecular weight excluding hydrogens is 318 g/mol. The van der Waals surface area contributed by atoms with Gasteiger partial charge in [-0.15, -0.1) is 5.10 Å². The topological polar surface area (TPSA) is 69.0 Å². The van der Waals surface area contributed by atoms with Crippen molar-refractivity contribution in [3.05, 3.63) is 41.7 Å². The minimum Gasteiger partial charge on any atom is -0.370 e. The Morgan fingerprint density at radius 1 is 1.21 bits per heavy atom. The van der Waals surface area contributed by atoms with Crippen LogP contribution in [-0.2, 0) is 11.8 Å². The molecular formula is C15H14F2N6O. The summed E-state index contributed by atoms with van der Waals surface area (Å²) in [5.74, 6) is -1.10. The molecule has 1 unspecified atom stereocenters. The van der Waals surface area contributed by atoms with Crippen LogP contribution < -0.4 is 4.90 Å². The normalized spacial score (nSPS) is 18.3. The first kappa shape index (κ1) is 14.9. The van der Waals surface area contributed by atoms with Gasteiger partial charge in [0.2, 0.25) is 0 Å². The molecule has 3 aromatic rings. The van der Waals surface area contributed by atoms with Gasteiger partial charge in [0.25, 0.3) is 0 Å². The summed E-state index contributed by atoms with van der Waals surface area (Å²) in [4.78, 5) is 10.5. The van der Waals surface area contributed by atoms with Crippen LogP contribution in [0, 0.1) is 11.6 Å². The van der Waals surface area contributed by atoms with Crippen molar-refractivity contribution in [2.45, 2.75) is 6.10 Å². The van der Waals surface area contributed by atoms with Gasteiger partial charge in [0.1, 0.15) is 12.4 Å². The molecule has 0 N–H and O–H groups in total. The molecule has 24 heavy (non-hydrogen) atoms. The fourth-order valence-electron chi connectivity index (χ4n) is 2.83. The number of aryl methyl sites for hydroxylation is 1. The van der Waals surface area contributed by atoms with Gasteiger partial charge in [-0.2, -0.15) is 0 Å². The Bertz CT molecular complexity index is 899. The van der Waals surface area contributed by atoms with E-state index in [0.717, 1.165) is 6.07 Å². The van der Waals surface area contributed by atoms with E-state index >= 15 is 0 Å². The van der Waals surface area contributed by atoms with Gasteiger partial charge < -0.3 is 9.64 Å². The highest BCUT2D eigenvalue weighted by molar-refractivity contribution is 5.82. The molecule has 1 aliphatic rings. The van der Waals surface area contributed by atoms with Crippen molar-refractivity contribution in [3.63, 3.8) is 0 Å². The van der Waals surface area contributed by atoms with Crippen molar-refractivity contribution in [1.82, 2.24) is 25.0 Å². The Labute approximate surface area is 135 Å². The van der Waals surface area contributed by atoms with Gasteiger partial charge in [-0.3, -0.25) is 0 Å². The van der Waals surface area contributed by atoms with E-state index in [1.807, 2.05) is 4.90 Å². The maximum absolute atomic E-state index is 13.5. The van der Waals surface area contributed by atoms with Crippen LogP contribution in [0.1, 0.15) is 11.7 Å². The van der Waals surface area contributed by atoms with Crippen LogP contribution in [0.15, 0.2) is 24.5 Å². The molecule has 124 valence electrons. The van der Waals surface area contributed by atoms with E-state index in [1.165, 1.54) is 18.5 Å². The summed E-state index contributed by atoms with van der Waals surface area (Å²) in [6, 6.07) is 3.81. The number of morpholine rings is 1. The van der Waals surface area contributed by atoms with Crippen LogP contribution >= 0.6 is 0 Å². The first-order chi connectivity index (χ1) is 11.6. The monoisotopic (exact) mass is 332 g/mol. The summed E-state index contributed by atoms with van der Waals surface area (Å²) >= 11 is 0. The van der Waals surface area contributed by atoms with Gasteiger partial charge in [0.05, 0.1) is 6.61 Å². The molecule has 1 aliphatic heterocycles. The van der Waals surface area contributed by atoms with Gasteiger partial charge >= 0.3 is 0 Å². The van der Waals surface area contributed by atoms with Crippen LogP contribution in [0.5, 0.6) is 0 Å². The lowest BCUT2D eigenvalue weighted by Gasteiger charge is -2.33. The third kappa shape index (κ3) is 2.46. The SMILES string of the molecule is Cn1nnc2c(N3CCOC(c4ccc(F)c(F)c4)C3)ncnc21. The molecule has 4 rings (SSSR count). The molecule has 0 spiro atoms. The standard InChI is InChI=1S/C15H14F2N6O/c1-22-14-13(20-21-22)15(19-8-18-14)23-4-5-24-12(7-23)9-2-3-10(16)11(17)6-9/h2-3,6,8,12H,4-5,7H2,1H3. The van der Waals surface area contributed by atoms with Crippen molar-refractivity contribution in [2.24, 2.45) is 7.05 Å². The first-order valence-electron chi connectivity index (χ1n) is 7.45.